The molecule has 0 radical (unpaired) electrons. The van der Waals surface area contributed by atoms with E-state index in [4.69, 9.17) is 17.3 Å². The van der Waals surface area contributed by atoms with Gasteiger partial charge in [0.1, 0.15) is 5.82 Å². The van der Waals surface area contributed by atoms with Crippen molar-refractivity contribution in [2.24, 2.45) is 0 Å². The van der Waals surface area contributed by atoms with Gasteiger partial charge in [-0.25, -0.2) is 4.98 Å². The summed E-state index contributed by atoms with van der Waals surface area (Å²) in [5.74, 6) is 0.232. The van der Waals surface area contributed by atoms with Crippen molar-refractivity contribution in [2.75, 3.05) is 31.9 Å². The summed E-state index contributed by atoms with van der Waals surface area (Å²) in [6, 6.07) is 17.2. The van der Waals surface area contributed by atoms with Crippen molar-refractivity contribution in [3.05, 3.63) is 71.4 Å². The Hall–Kier alpha value is -3.19. The Bertz CT molecular complexity index is 1330. The molecule has 6 nitrogen and oxygen atoms in total. The quantitative estimate of drug-likeness (QED) is 0.342. The fourth-order valence-corrected chi connectivity index (χ4v) is 4.37. The van der Waals surface area contributed by atoms with Crippen molar-refractivity contribution in [2.45, 2.75) is 20.0 Å². The molecule has 4 aromatic rings. The topological polar surface area (TPSA) is 91.5 Å². The molecule has 1 amide bonds. The van der Waals surface area contributed by atoms with Crippen molar-refractivity contribution >= 4 is 44.9 Å². The van der Waals surface area contributed by atoms with Crippen LogP contribution in [0.5, 0.6) is 0 Å². The van der Waals surface area contributed by atoms with Gasteiger partial charge in [0, 0.05) is 40.8 Å². The SMILES string of the molecule is CCN(CC)CC(O)CNC(=O)c1ccc2cc(-c3c(N)ncc4ccc(Cl)cc34)ccc2c1. The third kappa shape index (κ3) is 5.14. The van der Waals surface area contributed by atoms with Crippen molar-refractivity contribution < 1.29 is 9.90 Å². The molecule has 0 fully saturated rings. The van der Waals surface area contributed by atoms with Gasteiger partial charge in [-0.05, 0) is 65.1 Å². The number of nitrogen functional groups attached to an aromatic ring is 1. The van der Waals surface area contributed by atoms with Crippen molar-refractivity contribution in [3.63, 3.8) is 0 Å². The summed E-state index contributed by atoms with van der Waals surface area (Å²) in [5, 5.41) is 17.5. The number of nitrogens with zero attached hydrogens (tertiary/aromatic N) is 2. The van der Waals surface area contributed by atoms with E-state index in [1.54, 1.807) is 12.3 Å². The number of rotatable bonds is 8. The number of nitrogens with one attached hydrogen (secondary N) is 1. The molecular formula is C27H29ClN4O2. The number of amides is 1. The predicted molar refractivity (Wildman–Crippen MR) is 140 cm³/mol. The summed E-state index contributed by atoms with van der Waals surface area (Å²) in [7, 11) is 0. The van der Waals surface area contributed by atoms with Gasteiger partial charge in [0.2, 0.25) is 0 Å². The number of carbonyl (C=O) groups is 1. The van der Waals surface area contributed by atoms with E-state index in [0.29, 0.717) is 22.9 Å². The van der Waals surface area contributed by atoms with E-state index in [1.807, 2.05) is 48.5 Å². The highest BCUT2D eigenvalue weighted by atomic mass is 35.5. The van der Waals surface area contributed by atoms with Crippen LogP contribution in [0.15, 0.2) is 60.8 Å². The lowest BCUT2D eigenvalue weighted by atomic mass is 9.96. The summed E-state index contributed by atoms with van der Waals surface area (Å²) >= 11 is 6.24. The van der Waals surface area contributed by atoms with Crippen molar-refractivity contribution in [3.8, 4) is 11.1 Å². The Kier molecular flexibility index (Phi) is 7.32. The van der Waals surface area contributed by atoms with Crippen LogP contribution < -0.4 is 11.1 Å². The molecule has 0 aliphatic carbocycles. The summed E-state index contributed by atoms with van der Waals surface area (Å²) in [4.78, 5) is 19.1. The van der Waals surface area contributed by atoms with Crippen LogP contribution in [0.25, 0.3) is 32.7 Å². The van der Waals surface area contributed by atoms with Crippen LogP contribution >= 0.6 is 11.6 Å². The smallest absolute Gasteiger partial charge is 0.251 e. The molecule has 0 saturated carbocycles. The highest BCUT2D eigenvalue weighted by Crippen LogP contribution is 2.35. The van der Waals surface area contributed by atoms with Gasteiger partial charge in [-0.3, -0.25) is 4.79 Å². The molecule has 1 atom stereocenters. The average Bonchev–Trinajstić information content (AvgIpc) is 2.85. The number of pyridine rings is 1. The fraction of sp³-hybridized carbons (Fsp3) is 0.259. The monoisotopic (exact) mass is 476 g/mol. The number of aromatic nitrogens is 1. The molecule has 176 valence electrons. The predicted octanol–water partition coefficient (Wildman–Crippen LogP) is 4.72. The molecule has 7 heteroatoms. The third-order valence-corrected chi connectivity index (χ3v) is 6.37. The number of carbonyl (C=O) groups excluding carboxylic acids is 1. The summed E-state index contributed by atoms with van der Waals surface area (Å²) in [6.45, 7) is 6.57. The maximum Gasteiger partial charge on any atom is 0.251 e. The number of benzene rings is 3. The van der Waals surface area contributed by atoms with Gasteiger partial charge in [-0.15, -0.1) is 0 Å². The first kappa shape index (κ1) is 24.0. The first-order valence-corrected chi connectivity index (χ1v) is 11.8. The maximum atomic E-state index is 12.7. The van der Waals surface area contributed by atoms with Crippen LogP contribution in [0.2, 0.25) is 5.02 Å². The molecule has 34 heavy (non-hydrogen) atoms. The van der Waals surface area contributed by atoms with E-state index in [2.05, 4.69) is 29.0 Å². The largest absolute Gasteiger partial charge is 0.390 e. The molecule has 3 aromatic carbocycles. The minimum absolute atomic E-state index is 0.207. The van der Waals surface area contributed by atoms with Gasteiger partial charge in [0.05, 0.1) is 6.10 Å². The van der Waals surface area contributed by atoms with Crippen LogP contribution in [0.1, 0.15) is 24.2 Å². The zero-order valence-corrected chi connectivity index (χ0v) is 20.1. The van der Waals surface area contributed by atoms with E-state index in [0.717, 1.165) is 45.8 Å². The normalized spacial score (nSPS) is 12.4. The lowest BCUT2D eigenvalue weighted by molar-refractivity contribution is 0.0869. The van der Waals surface area contributed by atoms with E-state index in [1.165, 1.54) is 0 Å². The molecule has 0 aliphatic rings. The minimum atomic E-state index is -0.611. The van der Waals surface area contributed by atoms with E-state index in [9.17, 15) is 9.90 Å². The molecule has 1 aromatic heterocycles. The van der Waals surface area contributed by atoms with Gasteiger partial charge in [0.25, 0.3) is 5.91 Å². The fourth-order valence-electron chi connectivity index (χ4n) is 4.20. The van der Waals surface area contributed by atoms with Crippen LogP contribution in [-0.4, -0.2) is 53.2 Å². The molecule has 0 bridgehead atoms. The van der Waals surface area contributed by atoms with E-state index in [-0.39, 0.29) is 12.5 Å². The Labute approximate surface area is 204 Å². The van der Waals surface area contributed by atoms with Gasteiger partial charge < -0.3 is 21.1 Å². The molecular weight excluding hydrogens is 448 g/mol. The highest BCUT2D eigenvalue weighted by Gasteiger charge is 2.14. The maximum absolute atomic E-state index is 12.7. The molecule has 0 saturated heterocycles. The van der Waals surface area contributed by atoms with Gasteiger partial charge in [0.15, 0.2) is 0 Å². The van der Waals surface area contributed by atoms with E-state index >= 15 is 0 Å². The Balaban J connectivity index is 1.56. The molecule has 0 spiro atoms. The number of aliphatic hydroxyl groups is 1. The number of hydrogen-bond acceptors (Lipinski definition) is 5. The molecule has 4 rings (SSSR count). The first-order chi connectivity index (χ1) is 16.4. The van der Waals surface area contributed by atoms with E-state index < -0.39 is 6.10 Å². The average molecular weight is 477 g/mol. The second-order valence-electron chi connectivity index (χ2n) is 8.38. The molecule has 0 aliphatic heterocycles. The number of nitrogens with two attached hydrogens (primary N) is 1. The number of aliphatic hydroxyl groups excluding tert-OH is 1. The minimum Gasteiger partial charge on any atom is -0.390 e. The highest BCUT2D eigenvalue weighted by molar-refractivity contribution is 6.31. The zero-order chi connectivity index (χ0) is 24.2. The van der Waals surface area contributed by atoms with Crippen LogP contribution in [0.3, 0.4) is 0 Å². The standard InChI is InChI=1S/C27H29ClN4O2/c1-3-32(4-2)16-23(33)15-31-27(34)20-8-6-17-11-19(7-5-18(17)12-20)25-24-13-22(28)10-9-21(24)14-30-26(25)29/h5-14,23,33H,3-4,15-16H2,1-2H3,(H2,29,30)(H,31,34). The molecule has 4 N–H and O–H groups in total. The van der Waals surface area contributed by atoms with Gasteiger partial charge >= 0.3 is 0 Å². The number of halogens is 1. The van der Waals surface area contributed by atoms with Gasteiger partial charge in [-0.2, -0.15) is 0 Å². The van der Waals surface area contributed by atoms with Crippen LogP contribution in [0, 0.1) is 0 Å². The Morgan fingerprint density at radius 1 is 1.06 bits per heavy atom. The summed E-state index contributed by atoms with van der Waals surface area (Å²) in [5.41, 5.74) is 8.57. The first-order valence-electron chi connectivity index (χ1n) is 11.5. The number of likely N-dealkylation sites (N-methyl/N-ethyl adjacent to an activating group) is 1. The second-order valence-corrected chi connectivity index (χ2v) is 8.81. The third-order valence-electron chi connectivity index (χ3n) is 6.14. The lowest BCUT2D eigenvalue weighted by Gasteiger charge is -2.22. The molecule has 1 heterocycles. The van der Waals surface area contributed by atoms with Crippen molar-refractivity contribution in [1.29, 1.82) is 0 Å². The Morgan fingerprint density at radius 2 is 1.76 bits per heavy atom. The number of fused-ring (bicyclic) bond motifs is 2. The van der Waals surface area contributed by atoms with Crippen molar-refractivity contribution in [1.82, 2.24) is 15.2 Å². The zero-order valence-electron chi connectivity index (χ0n) is 19.4. The number of hydrogen-bond donors (Lipinski definition) is 3. The molecule has 1 unspecified atom stereocenters. The second kappa shape index (κ2) is 10.4. The van der Waals surface area contributed by atoms with Gasteiger partial charge in [-0.1, -0.05) is 49.7 Å². The van der Waals surface area contributed by atoms with Crippen LogP contribution in [-0.2, 0) is 0 Å². The van der Waals surface area contributed by atoms with Crippen LogP contribution in [0.4, 0.5) is 5.82 Å². The lowest BCUT2D eigenvalue weighted by Crippen LogP contribution is -2.40. The Morgan fingerprint density at radius 3 is 2.53 bits per heavy atom. The summed E-state index contributed by atoms with van der Waals surface area (Å²) < 4.78 is 0. The summed E-state index contributed by atoms with van der Waals surface area (Å²) in [6.07, 6.45) is 1.13. The number of anilines is 1.